The normalized spacial score (nSPS) is 10.0. The first-order valence-electron chi connectivity index (χ1n) is 4.43. The summed E-state index contributed by atoms with van der Waals surface area (Å²) >= 11 is 0. The maximum atomic E-state index is 10.7. The number of esters is 1. The summed E-state index contributed by atoms with van der Waals surface area (Å²) in [5, 5.41) is 0. The minimum atomic E-state index is -0.330. The van der Waals surface area contributed by atoms with Gasteiger partial charge in [0.05, 0.1) is 0 Å². The van der Waals surface area contributed by atoms with Crippen molar-refractivity contribution in [3.63, 3.8) is 0 Å². The monoisotopic (exact) mass is 182 g/mol. The summed E-state index contributed by atoms with van der Waals surface area (Å²) in [5.74, 6) is -0.330. The van der Waals surface area contributed by atoms with Crippen LogP contribution in [0.15, 0.2) is 12.4 Å². The van der Waals surface area contributed by atoms with E-state index in [-0.39, 0.29) is 5.97 Å². The molecule has 13 heavy (non-hydrogen) atoms. The van der Waals surface area contributed by atoms with Crippen LogP contribution < -0.4 is 4.74 Å². The Morgan fingerprint density at radius 2 is 2.46 bits per heavy atom. The lowest BCUT2D eigenvalue weighted by atomic mass is 10.3. The van der Waals surface area contributed by atoms with E-state index >= 15 is 0 Å². The summed E-state index contributed by atoms with van der Waals surface area (Å²) in [6.45, 7) is 4.33. The average molecular weight is 182 g/mol. The van der Waals surface area contributed by atoms with Crippen LogP contribution in [0, 0.1) is 0 Å². The summed E-state index contributed by atoms with van der Waals surface area (Å²) in [5.41, 5.74) is 0. The fraction of sp³-hybridized carbons (Fsp3) is 0.556. The highest BCUT2D eigenvalue weighted by Crippen LogP contribution is 2.08. The van der Waals surface area contributed by atoms with Crippen molar-refractivity contribution >= 4 is 5.97 Å². The van der Waals surface area contributed by atoms with E-state index in [0.717, 1.165) is 19.4 Å². The van der Waals surface area contributed by atoms with E-state index in [1.807, 2.05) is 10.8 Å². The molecule has 1 rings (SSSR count). The van der Waals surface area contributed by atoms with Crippen molar-refractivity contribution in [1.29, 1.82) is 0 Å². The Kier molecular flexibility index (Phi) is 3.49. The highest BCUT2D eigenvalue weighted by Gasteiger charge is 2.04. The Labute approximate surface area is 77.5 Å². The first-order chi connectivity index (χ1) is 6.24. The number of nitrogens with zero attached hydrogens (tertiary/aromatic N) is 2. The Hall–Kier alpha value is -1.32. The number of hydrogen-bond donors (Lipinski definition) is 0. The lowest BCUT2D eigenvalue weighted by Gasteiger charge is -2.04. The lowest BCUT2D eigenvalue weighted by molar-refractivity contribution is -0.132. The van der Waals surface area contributed by atoms with E-state index in [0.29, 0.717) is 6.01 Å². The first kappa shape index (κ1) is 9.77. The van der Waals surface area contributed by atoms with Gasteiger partial charge in [0.15, 0.2) is 0 Å². The quantitative estimate of drug-likeness (QED) is 0.664. The second kappa shape index (κ2) is 4.64. The largest absolute Gasteiger partial charge is 0.392 e. The molecular weight excluding hydrogens is 168 g/mol. The number of carbonyl (C=O) groups is 1. The van der Waals surface area contributed by atoms with Crippen molar-refractivity contribution in [2.24, 2.45) is 0 Å². The van der Waals surface area contributed by atoms with E-state index in [1.165, 1.54) is 6.92 Å². The summed E-state index contributed by atoms with van der Waals surface area (Å²) in [6.07, 6.45) is 5.62. The number of rotatable bonds is 4. The van der Waals surface area contributed by atoms with Gasteiger partial charge in [0, 0.05) is 25.9 Å². The van der Waals surface area contributed by atoms with E-state index in [9.17, 15) is 4.79 Å². The van der Waals surface area contributed by atoms with Gasteiger partial charge in [0.1, 0.15) is 0 Å². The molecular formula is C9H14N2O2. The molecule has 0 amide bonds. The van der Waals surface area contributed by atoms with Gasteiger partial charge in [-0.25, -0.2) is 4.98 Å². The lowest BCUT2D eigenvalue weighted by Crippen LogP contribution is -2.08. The molecule has 1 aromatic rings. The minimum Gasteiger partial charge on any atom is -0.392 e. The Balaban J connectivity index is 2.60. The van der Waals surface area contributed by atoms with Gasteiger partial charge in [-0.1, -0.05) is 13.3 Å². The molecule has 72 valence electrons. The van der Waals surface area contributed by atoms with E-state index in [4.69, 9.17) is 4.74 Å². The number of imidazole rings is 1. The number of carbonyl (C=O) groups excluding carboxylic acids is 1. The van der Waals surface area contributed by atoms with Crippen molar-refractivity contribution in [3.8, 4) is 6.01 Å². The number of aromatic nitrogens is 2. The molecule has 1 aromatic heterocycles. The SMILES string of the molecule is CCCCn1ccnc1OC(C)=O. The molecule has 0 radical (unpaired) electrons. The third-order valence-electron chi connectivity index (χ3n) is 1.66. The van der Waals surface area contributed by atoms with Gasteiger partial charge in [0.25, 0.3) is 0 Å². The van der Waals surface area contributed by atoms with Gasteiger partial charge in [-0.05, 0) is 6.42 Å². The van der Waals surface area contributed by atoms with Crippen LogP contribution in [0.5, 0.6) is 6.01 Å². The zero-order chi connectivity index (χ0) is 9.68. The van der Waals surface area contributed by atoms with Crippen molar-refractivity contribution in [1.82, 2.24) is 9.55 Å². The molecule has 0 fully saturated rings. The Morgan fingerprint density at radius 3 is 3.08 bits per heavy atom. The predicted octanol–water partition coefficient (Wildman–Crippen LogP) is 1.61. The summed E-state index contributed by atoms with van der Waals surface area (Å²) < 4.78 is 6.73. The molecule has 0 aromatic carbocycles. The average Bonchev–Trinajstić information content (AvgIpc) is 2.48. The molecule has 0 aliphatic heterocycles. The second-order valence-electron chi connectivity index (χ2n) is 2.85. The molecule has 0 saturated heterocycles. The maximum Gasteiger partial charge on any atom is 0.310 e. The first-order valence-corrected chi connectivity index (χ1v) is 4.43. The van der Waals surface area contributed by atoms with Gasteiger partial charge in [0.2, 0.25) is 0 Å². The van der Waals surface area contributed by atoms with Gasteiger partial charge < -0.3 is 9.30 Å². The fourth-order valence-electron chi connectivity index (χ4n) is 1.03. The topological polar surface area (TPSA) is 44.1 Å². The third-order valence-corrected chi connectivity index (χ3v) is 1.66. The van der Waals surface area contributed by atoms with Crippen molar-refractivity contribution in [2.45, 2.75) is 33.2 Å². The highest BCUT2D eigenvalue weighted by atomic mass is 16.5. The van der Waals surface area contributed by atoms with E-state index < -0.39 is 0 Å². The van der Waals surface area contributed by atoms with E-state index in [2.05, 4.69) is 11.9 Å². The minimum absolute atomic E-state index is 0.330. The Bertz CT molecular complexity index is 281. The van der Waals surface area contributed by atoms with Crippen LogP contribution in [-0.4, -0.2) is 15.5 Å². The zero-order valence-electron chi connectivity index (χ0n) is 7.99. The number of unbranched alkanes of at least 4 members (excludes halogenated alkanes) is 1. The molecule has 0 bridgehead atoms. The predicted molar refractivity (Wildman–Crippen MR) is 48.4 cm³/mol. The summed E-state index contributed by atoms with van der Waals surface area (Å²) in [6, 6.07) is 0.390. The van der Waals surface area contributed by atoms with Crippen molar-refractivity contribution in [2.75, 3.05) is 0 Å². The maximum absolute atomic E-state index is 10.7. The zero-order valence-corrected chi connectivity index (χ0v) is 7.99. The molecule has 1 heterocycles. The molecule has 0 spiro atoms. The molecule has 0 aliphatic rings. The Morgan fingerprint density at radius 1 is 1.69 bits per heavy atom. The van der Waals surface area contributed by atoms with Crippen molar-refractivity contribution in [3.05, 3.63) is 12.4 Å². The summed E-state index contributed by atoms with van der Waals surface area (Å²) in [7, 11) is 0. The van der Waals surface area contributed by atoms with Crippen LogP contribution in [0.1, 0.15) is 26.7 Å². The standard InChI is InChI=1S/C9H14N2O2/c1-3-4-6-11-7-5-10-9(11)13-8(2)12/h5,7H,3-4,6H2,1-2H3. The highest BCUT2D eigenvalue weighted by molar-refractivity contribution is 5.68. The number of ether oxygens (including phenoxy) is 1. The van der Waals surface area contributed by atoms with Gasteiger partial charge >= 0.3 is 12.0 Å². The van der Waals surface area contributed by atoms with Gasteiger partial charge in [-0.2, -0.15) is 0 Å². The molecule has 4 nitrogen and oxygen atoms in total. The second-order valence-corrected chi connectivity index (χ2v) is 2.85. The number of aryl methyl sites for hydroxylation is 1. The molecule has 0 atom stereocenters. The van der Waals surface area contributed by atoms with Crippen LogP contribution >= 0.6 is 0 Å². The smallest absolute Gasteiger partial charge is 0.310 e. The molecule has 4 heteroatoms. The van der Waals surface area contributed by atoms with E-state index in [1.54, 1.807) is 6.20 Å². The van der Waals surface area contributed by atoms with Gasteiger partial charge in [-0.3, -0.25) is 4.79 Å². The van der Waals surface area contributed by atoms with Crippen LogP contribution in [0.3, 0.4) is 0 Å². The molecule has 0 unspecified atom stereocenters. The van der Waals surface area contributed by atoms with Crippen LogP contribution in [-0.2, 0) is 11.3 Å². The fourth-order valence-corrected chi connectivity index (χ4v) is 1.03. The van der Waals surface area contributed by atoms with Crippen LogP contribution in [0.2, 0.25) is 0 Å². The van der Waals surface area contributed by atoms with Crippen molar-refractivity contribution < 1.29 is 9.53 Å². The summed E-state index contributed by atoms with van der Waals surface area (Å²) in [4.78, 5) is 14.6. The third kappa shape index (κ3) is 2.89. The van der Waals surface area contributed by atoms with Gasteiger partial charge in [-0.15, -0.1) is 0 Å². The van der Waals surface area contributed by atoms with Crippen LogP contribution in [0.4, 0.5) is 0 Å². The molecule has 0 saturated carbocycles. The molecule has 0 N–H and O–H groups in total. The molecule has 0 aliphatic carbocycles. The van der Waals surface area contributed by atoms with Crippen LogP contribution in [0.25, 0.3) is 0 Å². The number of hydrogen-bond acceptors (Lipinski definition) is 3.